The smallest absolute Gasteiger partial charge is 0.445 e. The third-order valence-corrected chi connectivity index (χ3v) is 2.67. The maximum Gasteiger partial charge on any atom is 1.00 e. The maximum atomic E-state index is 12.4. The van der Waals surface area contributed by atoms with E-state index in [1.54, 1.807) is 11.9 Å². The van der Waals surface area contributed by atoms with Crippen molar-refractivity contribution < 1.29 is 64.3 Å². The van der Waals surface area contributed by atoms with Gasteiger partial charge in [-0.2, -0.15) is 0 Å². The van der Waals surface area contributed by atoms with E-state index in [9.17, 15) is 12.9 Å². The van der Waals surface area contributed by atoms with Crippen LogP contribution in [-0.2, 0) is 0 Å². The molecular weight excluding hydrogens is 265 g/mol. The summed E-state index contributed by atoms with van der Waals surface area (Å²) in [6, 6.07) is 5.68. The van der Waals surface area contributed by atoms with Gasteiger partial charge in [0, 0.05) is 19.3 Å². The van der Waals surface area contributed by atoms with Crippen molar-refractivity contribution in [3.05, 3.63) is 41.4 Å². The number of aryl methyl sites for hydroxylation is 2. The van der Waals surface area contributed by atoms with Crippen LogP contribution >= 0.6 is 0 Å². The first-order valence-electron chi connectivity index (χ1n) is 5.38. The second kappa shape index (κ2) is 7.15. The van der Waals surface area contributed by atoms with Crippen LogP contribution in [0.3, 0.4) is 0 Å². The number of hydrogen-bond acceptors (Lipinski definition) is 1. The van der Waals surface area contributed by atoms with Crippen LogP contribution in [0, 0.1) is 13.8 Å². The van der Waals surface area contributed by atoms with Crippen LogP contribution in [-0.4, -0.2) is 20.6 Å². The summed E-state index contributed by atoms with van der Waals surface area (Å²) in [7, 11) is 1.64. The Labute approximate surface area is 149 Å². The fourth-order valence-electron chi connectivity index (χ4n) is 1.73. The summed E-state index contributed by atoms with van der Waals surface area (Å²) in [5.41, 5.74) is 2.19. The number of likely N-dealkylation sites (N-methyl/N-ethyl adjacent to an activating group) is 1. The SMILES string of the molecule is C=C(CN(C)c1ccc(C)cc1C)[B-](F)(F)F.[K+]. The molecule has 0 saturated carbocycles. The molecule has 0 unspecified atom stereocenters. The Hall–Kier alpha value is 0.251. The Balaban J connectivity index is 0.00000289. The van der Waals surface area contributed by atoms with Crippen LogP contribution in [0.4, 0.5) is 18.6 Å². The third-order valence-electron chi connectivity index (χ3n) is 2.67. The van der Waals surface area contributed by atoms with E-state index >= 15 is 0 Å². The summed E-state index contributed by atoms with van der Waals surface area (Å²) < 4.78 is 37.3. The zero-order valence-corrected chi connectivity index (χ0v) is 14.4. The fourth-order valence-corrected chi connectivity index (χ4v) is 1.73. The number of hydrogen-bond donors (Lipinski definition) is 0. The molecule has 0 heterocycles. The molecule has 0 amide bonds. The van der Waals surface area contributed by atoms with Gasteiger partial charge in [0.15, 0.2) is 0 Å². The van der Waals surface area contributed by atoms with E-state index in [2.05, 4.69) is 6.58 Å². The number of anilines is 1. The molecule has 0 aliphatic carbocycles. The summed E-state index contributed by atoms with van der Waals surface area (Å²) in [5.74, 6) is 0. The minimum atomic E-state index is -4.95. The van der Waals surface area contributed by atoms with Crippen molar-refractivity contribution in [1.82, 2.24) is 0 Å². The Morgan fingerprint density at radius 2 is 1.83 bits per heavy atom. The topological polar surface area (TPSA) is 3.24 Å². The molecular formula is C12H16BF3KN. The quantitative estimate of drug-likeness (QED) is 0.734. The van der Waals surface area contributed by atoms with Gasteiger partial charge >= 0.3 is 58.4 Å². The van der Waals surface area contributed by atoms with Gasteiger partial charge in [0.2, 0.25) is 0 Å². The summed E-state index contributed by atoms with van der Waals surface area (Å²) in [6.45, 7) is 1.80. The Bertz CT molecular complexity index is 432. The van der Waals surface area contributed by atoms with Gasteiger partial charge in [-0.05, 0) is 25.5 Å². The molecule has 0 bridgehead atoms. The number of rotatable bonds is 4. The molecule has 0 spiro atoms. The molecule has 94 valence electrons. The molecule has 0 aromatic heterocycles. The maximum absolute atomic E-state index is 12.4. The predicted molar refractivity (Wildman–Crippen MR) is 67.4 cm³/mol. The standard InChI is InChI=1S/C12H16BF3N.K/c1-9-5-6-12(10(2)7-9)17(4)8-11(3)13(14,15)16;/h5-7H,3,8H2,1-2,4H3;/q-1;+1. The summed E-state index contributed by atoms with van der Waals surface area (Å²) in [6.07, 6.45) is 0. The van der Waals surface area contributed by atoms with Gasteiger partial charge in [0.25, 0.3) is 0 Å². The van der Waals surface area contributed by atoms with Crippen LogP contribution in [0.15, 0.2) is 30.3 Å². The normalized spacial score (nSPS) is 10.8. The average molecular weight is 281 g/mol. The molecule has 0 radical (unpaired) electrons. The zero-order valence-electron chi connectivity index (χ0n) is 11.3. The second-order valence-electron chi connectivity index (χ2n) is 4.38. The molecule has 1 aromatic rings. The van der Waals surface area contributed by atoms with Gasteiger partial charge in [0.05, 0.1) is 0 Å². The van der Waals surface area contributed by atoms with E-state index in [4.69, 9.17) is 0 Å². The Kier molecular flexibility index (Phi) is 7.25. The van der Waals surface area contributed by atoms with Gasteiger partial charge < -0.3 is 17.8 Å². The van der Waals surface area contributed by atoms with Crippen molar-refractivity contribution in [2.45, 2.75) is 13.8 Å². The van der Waals surface area contributed by atoms with E-state index in [0.29, 0.717) is 0 Å². The molecule has 0 saturated heterocycles. The summed E-state index contributed by atoms with van der Waals surface area (Å²) >= 11 is 0. The van der Waals surface area contributed by atoms with Crippen molar-refractivity contribution in [3.63, 3.8) is 0 Å². The van der Waals surface area contributed by atoms with Gasteiger partial charge in [-0.1, -0.05) is 17.7 Å². The zero-order chi connectivity index (χ0) is 13.2. The largest absolute Gasteiger partial charge is 1.00 e. The fraction of sp³-hybridized carbons (Fsp3) is 0.333. The third kappa shape index (κ3) is 5.09. The average Bonchev–Trinajstić information content (AvgIpc) is 2.15. The van der Waals surface area contributed by atoms with Gasteiger partial charge in [0.1, 0.15) is 0 Å². The summed E-state index contributed by atoms with van der Waals surface area (Å²) in [5, 5.41) is 0. The molecule has 0 atom stereocenters. The molecule has 1 nitrogen and oxygen atoms in total. The van der Waals surface area contributed by atoms with Crippen LogP contribution in [0.25, 0.3) is 0 Å². The minimum absolute atomic E-state index is 0. The van der Waals surface area contributed by atoms with Gasteiger partial charge in [-0.25, -0.2) is 0 Å². The van der Waals surface area contributed by atoms with Crippen LogP contribution in [0.1, 0.15) is 11.1 Å². The molecule has 1 rings (SSSR count). The van der Waals surface area contributed by atoms with E-state index in [1.807, 2.05) is 32.0 Å². The first kappa shape index (κ1) is 18.3. The Morgan fingerprint density at radius 1 is 1.28 bits per heavy atom. The van der Waals surface area contributed by atoms with E-state index in [0.717, 1.165) is 16.8 Å². The number of nitrogens with zero attached hydrogens (tertiary/aromatic N) is 1. The molecule has 0 aliphatic heterocycles. The van der Waals surface area contributed by atoms with Crippen molar-refractivity contribution >= 4 is 12.7 Å². The summed E-state index contributed by atoms with van der Waals surface area (Å²) in [4.78, 5) is 1.58. The van der Waals surface area contributed by atoms with Crippen molar-refractivity contribution in [2.75, 3.05) is 18.5 Å². The van der Waals surface area contributed by atoms with Crippen LogP contribution in [0.2, 0.25) is 0 Å². The molecule has 0 N–H and O–H groups in total. The van der Waals surface area contributed by atoms with Gasteiger partial charge in [-0.15, -0.1) is 12.1 Å². The van der Waals surface area contributed by atoms with Crippen molar-refractivity contribution in [3.8, 4) is 0 Å². The predicted octanol–water partition coefficient (Wildman–Crippen LogP) is 0.686. The van der Waals surface area contributed by atoms with Crippen molar-refractivity contribution in [2.24, 2.45) is 0 Å². The first-order chi connectivity index (χ1) is 7.71. The Morgan fingerprint density at radius 3 is 2.28 bits per heavy atom. The van der Waals surface area contributed by atoms with Crippen LogP contribution in [0.5, 0.6) is 0 Å². The molecule has 0 aliphatic rings. The second-order valence-corrected chi connectivity index (χ2v) is 4.38. The molecule has 6 heteroatoms. The van der Waals surface area contributed by atoms with Crippen molar-refractivity contribution in [1.29, 1.82) is 0 Å². The first-order valence-corrected chi connectivity index (χ1v) is 5.38. The molecule has 18 heavy (non-hydrogen) atoms. The minimum Gasteiger partial charge on any atom is -0.445 e. The number of halogens is 3. The van der Waals surface area contributed by atoms with E-state index in [-0.39, 0.29) is 57.9 Å². The molecule has 1 aromatic carbocycles. The van der Waals surface area contributed by atoms with E-state index < -0.39 is 12.4 Å². The number of benzene rings is 1. The molecule has 0 fully saturated rings. The van der Waals surface area contributed by atoms with E-state index in [1.165, 1.54) is 0 Å². The monoisotopic (exact) mass is 281 g/mol. The van der Waals surface area contributed by atoms with Gasteiger partial charge in [-0.3, -0.25) is 0 Å². The van der Waals surface area contributed by atoms with Crippen LogP contribution < -0.4 is 56.3 Å².